The zero-order valence-corrected chi connectivity index (χ0v) is 8.82. The van der Waals surface area contributed by atoms with Crippen molar-refractivity contribution in [3.05, 3.63) is 18.6 Å². The summed E-state index contributed by atoms with van der Waals surface area (Å²) in [6.07, 6.45) is 8.54. The Kier molecular flexibility index (Phi) is 3.19. The number of aromatic nitrogens is 2. The van der Waals surface area contributed by atoms with E-state index in [1.807, 2.05) is 6.20 Å². The van der Waals surface area contributed by atoms with Crippen LogP contribution in [0.5, 0.6) is 0 Å². The second kappa shape index (κ2) is 4.60. The number of anilines is 1. The predicted molar refractivity (Wildman–Crippen MR) is 57.7 cm³/mol. The standard InChI is InChI=1S/C10H14ClN3/c11-9-2-1-6-14(7-3-9)10-8-12-4-5-13-10/h4-5,8-9H,1-3,6-7H2. The van der Waals surface area contributed by atoms with E-state index in [2.05, 4.69) is 14.9 Å². The molecule has 1 atom stereocenters. The van der Waals surface area contributed by atoms with E-state index in [-0.39, 0.29) is 0 Å². The molecule has 0 amide bonds. The van der Waals surface area contributed by atoms with Crippen molar-refractivity contribution in [3.8, 4) is 0 Å². The Balaban J connectivity index is 2.04. The van der Waals surface area contributed by atoms with Crippen LogP contribution >= 0.6 is 11.6 Å². The van der Waals surface area contributed by atoms with Gasteiger partial charge in [0.1, 0.15) is 5.82 Å². The average Bonchev–Trinajstić information content (AvgIpc) is 2.44. The molecular formula is C10H14ClN3. The normalized spacial score (nSPS) is 23.2. The Morgan fingerprint density at radius 2 is 2.21 bits per heavy atom. The number of alkyl halides is 1. The van der Waals surface area contributed by atoms with Gasteiger partial charge in [0.2, 0.25) is 0 Å². The molecule has 76 valence electrons. The summed E-state index contributed by atoms with van der Waals surface area (Å²) in [5.74, 6) is 0.971. The van der Waals surface area contributed by atoms with Gasteiger partial charge >= 0.3 is 0 Å². The van der Waals surface area contributed by atoms with Gasteiger partial charge in [0.05, 0.1) is 6.20 Å². The lowest BCUT2D eigenvalue weighted by atomic mass is 10.2. The van der Waals surface area contributed by atoms with E-state index in [4.69, 9.17) is 11.6 Å². The summed E-state index contributed by atoms with van der Waals surface area (Å²) in [4.78, 5) is 10.6. The van der Waals surface area contributed by atoms with Gasteiger partial charge in [-0.05, 0) is 19.3 Å². The zero-order chi connectivity index (χ0) is 9.80. The first kappa shape index (κ1) is 9.71. The van der Waals surface area contributed by atoms with Gasteiger partial charge in [-0.25, -0.2) is 4.98 Å². The fraction of sp³-hybridized carbons (Fsp3) is 0.600. The molecule has 0 N–H and O–H groups in total. The highest BCUT2D eigenvalue weighted by Crippen LogP contribution is 2.19. The molecule has 1 aromatic rings. The molecule has 0 saturated carbocycles. The van der Waals surface area contributed by atoms with Gasteiger partial charge in [-0.15, -0.1) is 11.6 Å². The van der Waals surface area contributed by atoms with Crippen LogP contribution in [0.15, 0.2) is 18.6 Å². The van der Waals surface area contributed by atoms with E-state index in [9.17, 15) is 0 Å². The highest BCUT2D eigenvalue weighted by Gasteiger charge is 2.15. The van der Waals surface area contributed by atoms with Crippen LogP contribution in [0, 0.1) is 0 Å². The van der Waals surface area contributed by atoms with Gasteiger partial charge in [0.25, 0.3) is 0 Å². The SMILES string of the molecule is ClC1CCCN(c2cnccn2)CC1. The maximum absolute atomic E-state index is 6.11. The molecule has 1 aliphatic rings. The van der Waals surface area contributed by atoms with Gasteiger partial charge in [0, 0.05) is 30.9 Å². The maximum Gasteiger partial charge on any atom is 0.147 e. The number of hydrogen-bond donors (Lipinski definition) is 0. The molecule has 1 fully saturated rings. The van der Waals surface area contributed by atoms with Crippen LogP contribution in [0.2, 0.25) is 0 Å². The highest BCUT2D eigenvalue weighted by molar-refractivity contribution is 6.20. The lowest BCUT2D eigenvalue weighted by Crippen LogP contribution is -2.25. The van der Waals surface area contributed by atoms with Crippen molar-refractivity contribution in [2.45, 2.75) is 24.6 Å². The topological polar surface area (TPSA) is 29.0 Å². The molecule has 0 spiro atoms. The van der Waals surface area contributed by atoms with Gasteiger partial charge in [0.15, 0.2) is 0 Å². The molecule has 2 heterocycles. The summed E-state index contributed by atoms with van der Waals surface area (Å²) in [5, 5.41) is 0.330. The summed E-state index contributed by atoms with van der Waals surface area (Å²) in [7, 11) is 0. The minimum atomic E-state index is 0.330. The van der Waals surface area contributed by atoms with Gasteiger partial charge in [-0.1, -0.05) is 0 Å². The molecule has 0 radical (unpaired) electrons. The Labute approximate surface area is 89.1 Å². The van der Waals surface area contributed by atoms with Crippen LogP contribution in [0.3, 0.4) is 0 Å². The van der Waals surface area contributed by atoms with Crippen LogP contribution in [-0.4, -0.2) is 28.4 Å². The summed E-state index contributed by atoms with van der Waals surface area (Å²) >= 11 is 6.11. The van der Waals surface area contributed by atoms with Crippen molar-refractivity contribution in [3.63, 3.8) is 0 Å². The monoisotopic (exact) mass is 211 g/mol. The number of rotatable bonds is 1. The second-order valence-corrected chi connectivity index (χ2v) is 4.20. The fourth-order valence-electron chi connectivity index (χ4n) is 1.74. The van der Waals surface area contributed by atoms with Crippen molar-refractivity contribution in [2.75, 3.05) is 18.0 Å². The van der Waals surface area contributed by atoms with Crippen LogP contribution < -0.4 is 4.90 Å². The molecule has 1 saturated heterocycles. The molecule has 14 heavy (non-hydrogen) atoms. The molecule has 4 heteroatoms. The molecule has 2 rings (SSSR count). The smallest absolute Gasteiger partial charge is 0.147 e. The van der Waals surface area contributed by atoms with E-state index in [0.29, 0.717) is 5.38 Å². The minimum absolute atomic E-state index is 0.330. The first-order valence-electron chi connectivity index (χ1n) is 5.01. The van der Waals surface area contributed by atoms with Crippen LogP contribution in [-0.2, 0) is 0 Å². The molecular weight excluding hydrogens is 198 g/mol. The Hall–Kier alpha value is -0.830. The lowest BCUT2D eigenvalue weighted by molar-refractivity contribution is 0.735. The van der Waals surface area contributed by atoms with Crippen LogP contribution in [0.25, 0.3) is 0 Å². The third-order valence-electron chi connectivity index (χ3n) is 2.53. The van der Waals surface area contributed by atoms with E-state index < -0.39 is 0 Å². The van der Waals surface area contributed by atoms with E-state index in [0.717, 1.165) is 38.2 Å². The Bertz CT molecular complexity index is 278. The summed E-state index contributed by atoms with van der Waals surface area (Å²) in [6, 6.07) is 0. The van der Waals surface area contributed by atoms with Crippen molar-refractivity contribution >= 4 is 17.4 Å². The van der Waals surface area contributed by atoms with Crippen molar-refractivity contribution in [1.82, 2.24) is 9.97 Å². The molecule has 1 aliphatic heterocycles. The number of hydrogen-bond acceptors (Lipinski definition) is 3. The zero-order valence-electron chi connectivity index (χ0n) is 8.06. The first-order valence-corrected chi connectivity index (χ1v) is 5.45. The summed E-state index contributed by atoms with van der Waals surface area (Å²) in [6.45, 7) is 2.04. The fourth-order valence-corrected chi connectivity index (χ4v) is 1.99. The lowest BCUT2D eigenvalue weighted by Gasteiger charge is -2.20. The molecule has 3 nitrogen and oxygen atoms in total. The minimum Gasteiger partial charge on any atom is -0.355 e. The molecule has 1 unspecified atom stereocenters. The van der Waals surface area contributed by atoms with Crippen molar-refractivity contribution in [1.29, 1.82) is 0 Å². The van der Waals surface area contributed by atoms with Gasteiger partial charge in [-0.3, -0.25) is 4.98 Å². The molecule has 0 bridgehead atoms. The maximum atomic E-state index is 6.11. The van der Waals surface area contributed by atoms with Crippen molar-refractivity contribution < 1.29 is 0 Å². The van der Waals surface area contributed by atoms with Crippen LogP contribution in [0.1, 0.15) is 19.3 Å². The predicted octanol–water partition coefficient (Wildman–Crippen LogP) is 2.07. The van der Waals surface area contributed by atoms with Gasteiger partial charge < -0.3 is 4.90 Å². The Morgan fingerprint density at radius 1 is 1.29 bits per heavy atom. The van der Waals surface area contributed by atoms with Crippen LogP contribution in [0.4, 0.5) is 5.82 Å². The quantitative estimate of drug-likeness (QED) is 0.666. The second-order valence-electron chi connectivity index (χ2n) is 3.58. The van der Waals surface area contributed by atoms with E-state index in [1.54, 1.807) is 12.4 Å². The first-order chi connectivity index (χ1) is 6.86. The van der Waals surface area contributed by atoms with Gasteiger partial charge in [-0.2, -0.15) is 0 Å². The molecule has 0 aromatic carbocycles. The average molecular weight is 212 g/mol. The molecule has 1 aromatic heterocycles. The summed E-state index contributed by atoms with van der Waals surface area (Å²) < 4.78 is 0. The summed E-state index contributed by atoms with van der Waals surface area (Å²) in [5.41, 5.74) is 0. The number of nitrogens with zero attached hydrogens (tertiary/aromatic N) is 3. The third-order valence-corrected chi connectivity index (χ3v) is 2.97. The van der Waals surface area contributed by atoms with E-state index >= 15 is 0 Å². The van der Waals surface area contributed by atoms with Crippen molar-refractivity contribution in [2.24, 2.45) is 0 Å². The molecule has 0 aliphatic carbocycles. The highest BCUT2D eigenvalue weighted by atomic mass is 35.5. The van der Waals surface area contributed by atoms with E-state index in [1.165, 1.54) is 0 Å². The number of halogens is 1. The Morgan fingerprint density at radius 3 is 3.00 bits per heavy atom. The largest absolute Gasteiger partial charge is 0.355 e. The third kappa shape index (κ3) is 2.35.